The molecule has 2 aliphatic heterocycles. The number of carbonyl (C=O) groups is 3. The maximum absolute atomic E-state index is 13.6. The van der Waals surface area contributed by atoms with Gasteiger partial charge in [0, 0.05) is 17.7 Å². The highest BCUT2D eigenvalue weighted by Gasteiger charge is 2.50. The number of ether oxygens (including phenoxy) is 2. The number of hydrogen-bond donors (Lipinski definition) is 1. The third-order valence-corrected chi connectivity index (χ3v) is 6.60. The highest BCUT2D eigenvalue weighted by molar-refractivity contribution is 6.12. The van der Waals surface area contributed by atoms with Gasteiger partial charge in [-0.1, -0.05) is 31.0 Å². The molecule has 1 N–H and O–H groups in total. The fourth-order valence-electron chi connectivity index (χ4n) is 5.17. The zero-order valence-electron chi connectivity index (χ0n) is 18.0. The molecule has 0 radical (unpaired) electrons. The zero-order chi connectivity index (χ0) is 22.0. The molecule has 1 saturated carbocycles. The van der Waals surface area contributed by atoms with Crippen LogP contribution in [-0.4, -0.2) is 61.2 Å². The lowest BCUT2D eigenvalue weighted by molar-refractivity contribution is -0.146. The lowest BCUT2D eigenvalue weighted by Gasteiger charge is -2.42. The number of amides is 2. The molecule has 1 aromatic carbocycles. The predicted molar refractivity (Wildman–Crippen MR) is 114 cm³/mol. The van der Waals surface area contributed by atoms with E-state index >= 15 is 0 Å². The van der Waals surface area contributed by atoms with Crippen LogP contribution >= 0.6 is 0 Å². The van der Waals surface area contributed by atoms with Gasteiger partial charge in [-0.15, -0.1) is 0 Å². The molecule has 0 bridgehead atoms. The van der Waals surface area contributed by atoms with Crippen LogP contribution in [0.1, 0.15) is 50.1 Å². The maximum Gasteiger partial charge on any atom is 0.306 e. The van der Waals surface area contributed by atoms with Crippen LogP contribution in [0.4, 0.5) is 0 Å². The van der Waals surface area contributed by atoms with Gasteiger partial charge in [0.25, 0.3) is 0 Å². The standard InChI is InChI=1S/C23H29N3O5/c1-30-18-10-6-3-7-14(18)22-21-16(13-24-23(21)29)25-15-8-4-5-9-17(15)26(22)19(27)11-12-20(28)31-2/h3,6-7,10,15,17,21-22H,4-5,8-9,11-13H2,1-2H3,(H,24,29)/t15-,17-,21?,22-/m1/s1. The van der Waals surface area contributed by atoms with Crippen LogP contribution in [0.25, 0.3) is 0 Å². The summed E-state index contributed by atoms with van der Waals surface area (Å²) >= 11 is 0. The Bertz CT molecular complexity index is 899. The Kier molecular flexibility index (Phi) is 6.25. The molecule has 0 aromatic heterocycles. The number of fused-ring (bicyclic) bond motifs is 2. The summed E-state index contributed by atoms with van der Waals surface area (Å²) < 4.78 is 10.4. The molecular formula is C23H29N3O5. The Morgan fingerprint density at radius 1 is 1.16 bits per heavy atom. The van der Waals surface area contributed by atoms with Crippen LogP contribution in [0.15, 0.2) is 29.3 Å². The number of esters is 1. The molecule has 3 aliphatic rings. The highest BCUT2D eigenvalue weighted by Crippen LogP contribution is 2.44. The minimum Gasteiger partial charge on any atom is -0.496 e. The summed E-state index contributed by atoms with van der Waals surface area (Å²) in [6, 6.07) is 6.84. The Balaban J connectivity index is 1.82. The average molecular weight is 428 g/mol. The second-order valence-corrected chi connectivity index (χ2v) is 8.30. The Labute approximate surface area is 182 Å². The lowest BCUT2D eigenvalue weighted by Crippen LogP contribution is -2.51. The number of aliphatic imine (C=N–C) groups is 1. The largest absolute Gasteiger partial charge is 0.496 e. The van der Waals surface area contributed by atoms with E-state index in [0.717, 1.165) is 37.0 Å². The number of methoxy groups -OCH3 is 2. The number of nitrogens with zero attached hydrogens (tertiary/aromatic N) is 2. The first-order chi connectivity index (χ1) is 15.0. The van der Waals surface area contributed by atoms with Gasteiger partial charge in [-0.2, -0.15) is 0 Å². The Morgan fingerprint density at radius 2 is 1.94 bits per heavy atom. The minimum atomic E-state index is -0.566. The van der Waals surface area contributed by atoms with E-state index in [9.17, 15) is 14.4 Å². The zero-order valence-corrected chi connectivity index (χ0v) is 18.0. The average Bonchev–Trinajstić information content (AvgIpc) is 3.07. The summed E-state index contributed by atoms with van der Waals surface area (Å²) in [5.74, 6) is -0.642. The van der Waals surface area contributed by atoms with Gasteiger partial charge in [-0.3, -0.25) is 19.4 Å². The molecule has 0 spiro atoms. The summed E-state index contributed by atoms with van der Waals surface area (Å²) in [4.78, 5) is 45.2. The van der Waals surface area contributed by atoms with Crippen molar-refractivity contribution in [2.24, 2.45) is 10.9 Å². The van der Waals surface area contributed by atoms with Crippen molar-refractivity contribution in [2.45, 2.75) is 56.7 Å². The molecule has 2 fully saturated rings. The number of carbonyl (C=O) groups excluding carboxylic acids is 3. The van der Waals surface area contributed by atoms with Gasteiger partial charge in [0.1, 0.15) is 11.7 Å². The normalized spacial score (nSPS) is 27.4. The van der Waals surface area contributed by atoms with Gasteiger partial charge in [-0.05, 0) is 18.9 Å². The fourth-order valence-corrected chi connectivity index (χ4v) is 5.17. The van der Waals surface area contributed by atoms with E-state index in [1.807, 2.05) is 29.2 Å². The van der Waals surface area contributed by atoms with Crippen LogP contribution in [-0.2, 0) is 19.1 Å². The highest BCUT2D eigenvalue weighted by atomic mass is 16.5. The Hall–Kier alpha value is -2.90. The lowest BCUT2D eigenvalue weighted by atomic mass is 9.85. The van der Waals surface area contributed by atoms with Crippen LogP contribution in [0.2, 0.25) is 0 Å². The molecule has 4 atom stereocenters. The molecule has 31 heavy (non-hydrogen) atoms. The molecule has 1 aromatic rings. The van der Waals surface area contributed by atoms with Gasteiger partial charge in [-0.25, -0.2) is 0 Å². The molecule has 1 saturated heterocycles. The van der Waals surface area contributed by atoms with Crippen molar-refractivity contribution in [1.82, 2.24) is 10.2 Å². The molecule has 2 amide bonds. The van der Waals surface area contributed by atoms with Crippen molar-refractivity contribution in [3.8, 4) is 5.75 Å². The van der Waals surface area contributed by atoms with E-state index in [0.29, 0.717) is 12.3 Å². The van der Waals surface area contributed by atoms with Crippen molar-refractivity contribution in [2.75, 3.05) is 20.8 Å². The molecule has 8 heteroatoms. The van der Waals surface area contributed by atoms with Crippen LogP contribution in [0.3, 0.4) is 0 Å². The number of para-hydroxylation sites is 1. The molecular weight excluding hydrogens is 398 g/mol. The van der Waals surface area contributed by atoms with E-state index in [4.69, 9.17) is 14.5 Å². The second kappa shape index (κ2) is 9.08. The van der Waals surface area contributed by atoms with Crippen molar-refractivity contribution in [3.63, 3.8) is 0 Å². The van der Waals surface area contributed by atoms with E-state index < -0.39 is 17.9 Å². The number of benzene rings is 1. The summed E-state index contributed by atoms with van der Waals surface area (Å²) in [7, 11) is 2.91. The monoisotopic (exact) mass is 427 g/mol. The van der Waals surface area contributed by atoms with E-state index in [1.54, 1.807) is 7.11 Å². The topological polar surface area (TPSA) is 97.3 Å². The van der Waals surface area contributed by atoms with Gasteiger partial charge < -0.3 is 19.7 Å². The molecule has 1 unspecified atom stereocenters. The van der Waals surface area contributed by atoms with E-state index in [-0.39, 0.29) is 36.7 Å². The summed E-state index contributed by atoms with van der Waals surface area (Å²) in [6.45, 7) is 0.405. The molecule has 4 rings (SSSR count). The fraction of sp³-hybridized carbons (Fsp3) is 0.565. The van der Waals surface area contributed by atoms with Crippen LogP contribution in [0.5, 0.6) is 5.75 Å². The smallest absolute Gasteiger partial charge is 0.306 e. The van der Waals surface area contributed by atoms with Crippen LogP contribution in [0, 0.1) is 5.92 Å². The molecule has 2 heterocycles. The van der Waals surface area contributed by atoms with Gasteiger partial charge in [0.2, 0.25) is 11.8 Å². The van der Waals surface area contributed by atoms with E-state index in [1.165, 1.54) is 7.11 Å². The summed E-state index contributed by atoms with van der Waals surface area (Å²) in [6.07, 6.45) is 3.80. The number of nitrogens with one attached hydrogen (secondary N) is 1. The van der Waals surface area contributed by atoms with Gasteiger partial charge in [0.05, 0.1) is 45.3 Å². The number of hydrogen-bond acceptors (Lipinski definition) is 6. The van der Waals surface area contributed by atoms with E-state index in [2.05, 4.69) is 5.32 Å². The maximum atomic E-state index is 13.6. The number of rotatable bonds is 5. The third kappa shape index (κ3) is 4.03. The van der Waals surface area contributed by atoms with Crippen molar-refractivity contribution >= 4 is 23.5 Å². The molecule has 1 aliphatic carbocycles. The first-order valence-corrected chi connectivity index (χ1v) is 10.9. The van der Waals surface area contributed by atoms with Gasteiger partial charge >= 0.3 is 5.97 Å². The van der Waals surface area contributed by atoms with Crippen molar-refractivity contribution in [1.29, 1.82) is 0 Å². The van der Waals surface area contributed by atoms with Gasteiger partial charge in [0.15, 0.2) is 0 Å². The third-order valence-electron chi connectivity index (χ3n) is 6.60. The predicted octanol–water partition coefficient (Wildman–Crippen LogP) is 2.03. The van der Waals surface area contributed by atoms with Crippen molar-refractivity contribution in [3.05, 3.63) is 29.8 Å². The summed E-state index contributed by atoms with van der Waals surface area (Å²) in [5.41, 5.74) is 1.60. The van der Waals surface area contributed by atoms with Crippen LogP contribution < -0.4 is 10.1 Å². The second-order valence-electron chi connectivity index (χ2n) is 8.30. The first kappa shape index (κ1) is 21.3. The summed E-state index contributed by atoms with van der Waals surface area (Å²) in [5, 5.41) is 2.92. The first-order valence-electron chi connectivity index (χ1n) is 10.9. The minimum absolute atomic E-state index is 0.00639. The molecule has 166 valence electrons. The van der Waals surface area contributed by atoms with Crippen molar-refractivity contribution < 1.29 is 23.9 Å². The SMILES string of the molecule is COC(=O)CCC(=O)N1[C@H](c2ccccc2OC)C2C(=O)NCC2=N[C@@H]2CCCC[C@H]21. The quantitative estimate of drug-likeness (QED) is 0.725. The molecule has 8 nitrogen and oxygen atoms in total. The Morgan fingerprint density at radius 3 is 2.71 bits per heavy atom.